The van der Waals surface area contributed by atoms with Crippen LogP contribution in [0, 0.1) is 11.7 Å². The van der Waals surface area contributed by atoms with Gasteiger partial charge >= 0.3 is 0 Å². The molecule has 6 nitrogen and oxygen atoms in total. The first kappa shape index (κ1) is 16.4. The predicted molar refractivity (Wildman–Crippen MR) is 89.1 cm³/mol. The minimum atomic E-state index is -0.189. The Bertz CT molecular complexity index is 702. The number of aryl methyl sites for hydroxylation is 2. The maximum atomic E-state index is 13.8. The third-order valence-electron chi connectivity index (χ3n) is 4.45. The molecule has 1 aliphatic heterocycles. The summed E-state index contributed by atoms with van der Waals surface area (Å²) in [6.45, 7) is 2.22. The molecule has 1 saturated heterocycles. The maximum Gasteiger partial charge on any atom is 0.220 e. The number of carbonyl (C=O) groups excluding carboxylic acids is 1. The maximum absolute atomic E-state index is 13.8. The van der Waals surface area contributed by atoms with Crippen LogP contribution in [0.5, 0.6) is 0 Å². The van der Waals surface area contributed by atoms with E-state index in [0.717, 1.165) is 25.3 Å². The Balaban J connectivity index is 1.42. The summed E-state index contributed by atoms with van der Waals surface area (Å²) in [4.78, 5) is 14.0. The zero-order valence-electron chi connectivity index (χ0n) is 13.8. The lowest BCUT2D eigenvalue weighted by molar-refractivity contribution is -0.121. The number of rotatable bonds is 6. The summed E-state index contributed by atoms with van der Waals surface area (Å²) in [5.41, 5.74) is 0.647. The number of benzene rings is 1. The highest BCUT2D eigenvalue weighted by Crippen LogP contribution is 2.25. The zero-order valence-corrected chi connectivity index (χ0v) is 13.8. The van der Waals surface area contributed by atoms with Crippen molar-refractivity contribution < 1.29 is 9.18 Å². The van der Waals surface area contributed by atoms with Crippen molar-refractivity contribution in [1.82, 2.24) is 20.1 Å². The van der Waals surface area contributed by atoms with Crippen LogP contribution in [0.15, 0.2) is 30.6 Å². The van der Waals surface area contributed by atoms with E-state index < -0.39 is 0 Å². The fourth-order valence-corrected chi connectivity index (χ4v) is 3.03. The number of anilines is 1. The van der Waals surface area contributed by atoms with Gasteiger partial charge in [-0.2, -0.15) is 0 Å². The molecule has 0 saturated carbocycles. The van der Waals surface area contributed by atoms with Crippen molar-refractivity contribution in [2.75, 3.05) is 24.5 Å². The second-order valence-corrected chi connectivity index (χ2v) is 6.21. The van der Waals surface area contributed by atoms with Gasteiger partial charge in [-0.05, 0) is 24.5 Å². The molecule has 3 rings (SSSR count). The number of nitrogens with one attached hydrogen (secondary N) is 1. The molecule has 1 aromatic heterocycles. The lowest BCUT2D eigenvalue weighted by Gasteiger charge is -2.19. The van der Waals surface area contributed by atoms with Crippen molar-refractivity contribution in [3.05, 3.63) is 42.2 Å². The molecule has 0 spiro atoms. The minimum Gasteiger partial charge on any atom is -0.369 e. The zero-order chi connectivity index (χ0) is 16.9. The standard InChI is InChI=1S/C17H22FN5O/c1-22-12-20-21-16(22)6-7-17(24)19-10-13-8-9-23(11-13)15-5-3-2-4-14(15)18/h2-5,12-13H,6-11H2,1H3,(H,19,24)/t13-/m0/s1. The van der Waals surface area contributed by atoms with Gasteiger partial charge in [-0.15, -0.1) is 10.2 Å². The third kappa shape index (κ3) is 3.90. The molecule has 0 unspecified atom stereocenters. The van der Waals surface area contributed by atoms with Gasteiger partial charge in [-0.3, -0.25) is 4.79 Å². The van der Waals surface area contributed by atoms with Gasteiger partial charge in [0.15, 0.2) is 0 Å². The molecule has 1 atom stereocenters. The molecule has 0 bridgehead atoms. The van der Waals surface area contributed by atoms with Crippen LogP contribution in [0.4, 0.5) is 10.1 Å². The topological polar surface area (TPSA) is 63.1 Å². The summed E-state index contributed by atoms with van der Waals surface area (Å²) in [7, 11) is 1.86. The third-order valence-corrected chi connectivity index (χ3v) is 4.45. The quantitative estimate of drug-likeness (QED) is 0.872. The number of hydrogen-bond acceptors (Lipinski definition) is 4. The van der Waals surface area contributed by atoms with Crippen molar-refractivity contribution in [3.8, 4) is 0 Å². The van der Waals surface area contributed by atoms with Gasteiger partial charge in [0.1, 0.15) is 18.0 Å². The van der Waals surface area contributed by atoms with Crippen LogP contribution >= 0.6 is 0 Å². The molecular formula is C17H22FN5O. The molecule has 2 aromatic rings. The number of hydrogen-bond donors (Lipinski definition) is 1. The lowest BCUT2D eigenvalue weighted by atomic mass is 10.1. The summed E-state index contributed by atoms with van der Waals surface area (Å²) < 4.78 is 15.6. The van der Waals surface area contributed by atoms with Gasteiger partial charge in [0, 0.05) is 39.5 Å². The SMILES string of the molecule is Cn1cnnc1CCC(=O)NC[C@@H]1CCN(c2ccccc2F)C1. The van der Waals surface area contributed by atoms with E-state index in [4.69, 9.17) is 0 Å². The van der Waals surface area contributed by atoms with E-state index in [9.17, 15) is 9.18 Å². The van der Waals surface area contributed by atoms with E-state index in [-0.39, 0.29) is 11.7 Å². The van der Waals surface area contributed by atoms with Gasteiger partial charge in [-0.25, -0.2) is 4.39 Å². The highest BCUT2D eigenvalue weighted by atomic mass is 19.1. The molecule has 128 valence electrons. The van der Waals surface area contributed by atoms with Crippen molar-refractivity contribution >= 4 is 11.6 Å². The van der Waals surface area contributed by atoms with E-state index in [1.54, 1.807) is 18.5 Å². The van der Waals surface area contributed by atoms with Gasteiger partial charge in [0.25, 0.3) is 0 Å². The van der Waals surface area contributed by atoms with Crippen molar-refractivity contribution in [2.45, 2.75) is 19.3 Å². The number of amides is 1. The first-order valence-corrected chi connectivity index (χ1v) is 8.22. The molecular weight excluding hydrogens is 309 g/mol. The van der Waals surface area contributed by atoms with E-state index in [1.807, 2.05) is 22.6 Å². The Morgan fingerprint density at radius 1 is 1.42 bits per heavy atom. The molecule has 24 heavy (non-hydrogen) atoms. The smallest absolute Gasteiger partial charge is 0.220 e. The Morgan fingerprint density at radius 2 is 2.25 bits per heavy atom. The van der Waals surface area contributed by atoms with Crippen LogP contribution < -0.4 is 10.2 Å². The second kappa shape index (κ2) is 7.42. The fourth-order valence-electron chi connectivity index (χ4n) is 3.03. The largest absolute Gasteiger partial charge is 0.369 e. The van der Waals surface area contributed by atoms with E-state index in [0.29, 0.717) is 31.0 Å². The van der Waals surface area contributed by atoms with Crippen molar-refractivity contribution in [3.63, 3.8) is 0 Å². The summed E-state index contributed by atoms with van der Waals surface area (Å²) in [5, 5.41) is 10.7. The summed E-state index contributed by atoms with van der Waals surface area (Å²) >= 11 is 0. The molecule has 1 N–H and O–H groups in total. The average molecular weight is 331 g/mol. The first-order chi connectivity index (χ1) is 11.6. The minimum absolute atomic E-state index is 0.0161. The van der Waals surface area contributed by atoms with Crippen LogP contribution in [-0.4, -0.2) is 40.3 Å². The number of para-hydroxylation sites is 1. The predicted octanol–water partition coefficient (Wildman–Crippen LogP) is 1.53. The summed E-state index contributed by atoms with van der Waals surface area (Å²) in [5.74, 6) is 0.980. The molecule has 1 amide bonds. The molecule has 7 heteroatoms. The second-order valence-electron chi connectivity index (χ2n) is 6.21. The van der Waals surface area contributed by atoms with Crippen LogP contribution in [0.25, 0.3) is 0 Å². The fraction of sp³-hybridized carbons (Fsp3) is 0.471. The highest BCUT2D eigenvalue weighted by molar-refractivity contribution is 5.76. The van der Waals surface area contributed by atoms with Crippen LogP contribution in [-0.2, 0) is 18.3 Å². The van der Waals surface area contributed by atoms with Crippen LogP contribution in [0.3, 0.4) is 0 Å². The van der Waals surface area contributed by atoms with Gasteiger partial charge in [-0.1, -0.05) is 12.1 Å². The highest BCUT2D eigenvalue weighted by Gasteiger charge is 2.24. The monoisotopic (exact) mass is 331 g/mol. The van der Waals surface area contributed by atoms with Crippen molar-refractivity contribution in [1.29, 1.82) is 0 Å². The lowest BCUT2D eigenvalue weighted by Crippen LogP contribution is -2.31. The average Bonchev–Trinajstić information content (AvgIpc) is 3.20. The molecule has 1 aromatic carbocycles. The Hall–Kier alpha value is -2.44. The van der Waals surface area contributed by atoms with Crippen LogP contribution in [0.2, 0.25) is 0 Å². The molecule has 1 aliphatic rings. The molecule has 0 radical (unpaired) electrons. The van der Waals surface area contributed by atoms with E-state index in [1.165, 1.54) is 6.07 Å². The number of aromatic nitrogens is 3. The Morgan fingerprint density at radius 3 is 3.00 bits per heavy atom. The number of nitrogens with zero attached hydrogens (tertiary/aromatic N) is 4. The van der Waals surface area contributed by atoms with Crippen molar-refractivity contribution in [2.24, 2.45) is 13.0 Å². The van der Waals surface area contributed by atoms with E-state index in [2.05, 4.69) is 15.5 Å². The Kier molecular flexibility index (Phi) is 5.08. The Labute approximate surface area is 140 Å². The molecule has 1 fully saturated rings. The first-order valence-electron chi connectivity index (χ1n) is 8.22. The molecule has 0 aliphatic carbocycles. The van der Waals surface area contributed by atoms with Gasteiger partial charge in [0.05, 0.1) is 5.69 Å². The molecule has 2 heterocycles. The van der Waals surface area contributed by atoms with Crippen LogP contribution in [0.1, 0.15) is 18.7 Å². The number of halogens is 1. The van der Waals surface area contributed by atoms with Gasteiger partial charge < -0.3 is 14.8 Å². The summed E-state index contributed by atoms with van der Waals surface area (Å²) in [6.07, 6.45) is 3.56. The summed E-state index contributed by atoms with van der Waals surface area (Å²) in [6, 6.07) is 6.83. The number of carbonyl (C=O) groups is 1. The normalized spacial score (nSPS) is 17.2. The van der Waals surface area contributed by atoms with E-state index >= 15 is 0 Å². The van der Waals surface area contributed by atoms with Gasteiger partial charge in [0.2, 0.25) is 5.91 Å².